The minimum absolute atomic E-state index is 0.206. The van der Waals surface area contributed by atoms with Crippen LogP contribution in [0.15, 0.2) is 47.5 Å². The molecule has 1 aliphatic heterocycles. The fraction of sp³-hybridized carbons (Fsp3) is 0.562. The first kappa shape index (κ1) is 30.2. The molecule has 2 aliphatic carbocycles. The molecule has 1 saturated heterocycles. The Labute approximate surface area is 250 Å². The van der Waals surface area contributed by atoms with Gasteiger partial charge in [0.1, 0.15) is 16.3 Å². The van der Waals surface area contributed by atoms with E-state index >= 15 is 0 Å². The van der Waals surface area contributed by atoms with Gasteiger partial charge < -0.3 is 4.90 Å². The largest absolute Gasteiger partial charge is 0.433 e. The highest BCUT2D eigenvalue weighted by atomic mass is 32.2. The molecule has 6 rings (SSSR count). The van der Waals surface area contributed by atoms with Crippen LogP contribution in [0.3, 0.4) is 0 Å². The average molecular weight is 619 g/mol. The molecule has 1 saturated carbocycles. The number of sulfone groups is 1. The van der Waals surface area contributed by atoms with E-state index in [-0.39, 0.29) is 10.9 Å². The van der Waals surface area contributed by atoms with Crippen LogP contribution in [-0.2, 0) is 40.1 Å². The van der Waals surface area contributed by atoms with Gasteiger partial charge in [0, 0.05) is 30.4 Å². The Morgan fingerprint density at radius 1 is 0.977 bits per heavy atom. The number of aryl methyl sites for hydroxylation is 1. The highest BCUT2D eigenvalue weighted by Gasteiger charge is 2.50. The number of nitrogens with zero attached hydrogens (tertiary/aromatic N) is 4. The Morgan fingerprint density at radius 2 is 1.65 bits per heavy atom. The van der Waals surface area contributed by atoms with Crippen LogP contribution in [-0.4, -0.2) is 47.2 Å². The van der Waals surface area contributed by atoms with Crippen LogP contribution in [0.2, 0.25) is 0 Å². The van der Waals surface area contributed by atoms with Gasteiger partial charge in [0.2, 0.25) is 0 Å². The van der Waals surface area contributed by atoms with Crippen molar-refractivity contribution in [3.8, 4) is 0 Å². The summed E-state index contributed by atoms with van der Waals surface area (Å²) in [5.41, 5.74) is 3.45. The predicted molar refractivity (Wildman–Crippen MR) is 155 cm³/mol. The molecule has 0 radical (unpaired) electrons. The zero-order valence-corrected chi connectivity index (χ0v) is 25.4. The second-order valence-electron chi connectivity index (χ2n) is 12.6. The number of alkyl halides is 3. The number of likely N-dealkylation sites (tertiary alicyclic amines) is 1. The molecule has 1 atom stereocenters. The SMILES string of the molecule is CCn1nc2c(c1C1CCN(C3CCC(c4ccc(F)cc4)(S(=O)(=O)c4ccc(C(F)(F)F)nc4)CC3)CC1)CC(C)C2. The Morgan fingerprint density at radius 3 is 2.23 bits per heavy atom. The molecule has 3 aliphatic rings. The van der Waals surface area contributed by atoms with Gasteiger partial charge in [-0.2, -0.15) is 18.3 Å². The molecule has 43 heavy (non-hydrogen) atoms. The quantitative estimate of drug-likeness (QED) is 0.288. The van der Waals surface area contributed by atoms with Crippen molar-refractivity contribution in [3.05, 3.63) is 76.6 Å². The fourth-order valence-electron chi connectivity index (χ4n) is 7.77. The van der Waals surface area contributed by atoms with Crippen molar-refractivity contribution in [3.63, 3.8) is 0 Å². The van der Waals surface area contributed by atoms with Gasteiger partial charge in [0.15, 0.2) is 9.84 Å². The molecule has 1 unspecified atom stereocenters. The summed E-state index contributed by atoms with van der Waals surface area (Å²) in [5, 5.41) is 4.92. The van der Waals surface area contributed by atoms with Gasteiger partial charge in [-0.25, -0.2) is 12.8 Å². The lowest BCUT2D eigenvalue weighted by Crippen LogP contribution is -2.48. The minimum atomic E-state index is -4.67. The average Bonchev–Trinajstić information content (AvgIpc) is 3.52. The number of benzene rings is 1. The molecule has 232 valence electrons. The number of hydrogen-bond donors (Lipinski definition) is 0. The molecule has 6 nitrogen and oxygen atoms in total. The number of fused-ring (bicyclic) bond motifs is 1. The standard InChI is InChI=1S/C32H38F4N4O2S/c1-3-40-30(27-18-21(2)19-28(27)38-40)22-12-16-39(17-13-22)25-10-14-31(15-11-25,23-4-6-24(33)7-5-23)43(41,42)26-8-9-29(37-20-26)32(34,35)36/h4-9,20-22,25H,3,10-19H2,1-2H3. The Kier molecular flexibility index (Phi) is 7.94. The second kappa shape index (κ2) is 11.3. The highest BCUT2D eigenvalue weighted by Crippen LogP contribution is 2.48. The second-order valence-corrected chi connectivity index (χ2v) is 14.8. The van der Waals surface area contributed by atoms with Crippen molar-refractivity contribution in [2.75, 3.05) is 13.1 Å². The molecule has 0 amide bonds. The van der Waals surface area contributed by atoms with Crippen molar-refractivity contribution >= 4 is 9.84 Å². The molecule has 3 heterocycles. The third-order valence-electron chi connectivity index (χ3n) is 9.99. The number of piperidine rings is 1. The lowest BCUT2D eigenvalue weighted by Gasteiger charge is -2.45. The summed E-state index contributed by atoms with van der Waals surface area (Å²) in [6.45, 7) is 7.15. The smallest absolute Gasteiger partial charge is 0.300 e. The number of rotatable bonds is 6. The third kappa shape index (κ3) is 5.41. The van der Waals surface area contributed by atoms with Gasteiger partial charge in [0.25, 0.3) is 0 Å². The van der Waals surface area contributed by atoms with Gasteiger partial charge in [-0.1, -0.05) is 19.1 Å². The van der Waals surface area contributed by atoms with Crippen LogP contribution < -0.4 is 0 Å². The third-order valence-corrected chi connectivity index (χ3v) is 12.5. The molecule has 11 heteroatoms. The molecule has 0 N–H and O–H groups in total. The monoisotopic (exact) mass is 618 g/mol. The van der Waals surface area contributed by atoms with Crippen molar-refractivity contribution in [1.29, 1.82) is 0 Å². The van der Waals surface area contributed by atoms with E-state index in [1.807, 2.05) is 0 Å². The molecule has 0 bridgehead atoms. The maximum atomic E-state index is 14.2. The molecule has 3 aromatic rings. The topological polar surface area (TPSA) is 68.1 Å². The van der Waals surface area contributed by atoms with Gasteiger partial charge in [-0.3, -0.25) is 9.67 Å². The molecular formula is C32H38F4N4O2S. The van der Waals surface area contributed by atoms with Crippen LogP contribution in [0.4, 0.5) is 17.6 Å². The fourth-order valence-corrected chi connectivity index (χ4v) is 9.88. The van der Waals surface area contributed by atoms with Gasteiger partial charge >= 0.3 is 6.18 Å². The van der Waals surface area contributed by atoms with E-state index in [4.69, 9.17) is 5.10 Å². The molecule has 1 aromatic carbocycles. The van der Waals surface area contributed by atoms with E-state index in [1.54, 1.807) is 0 Å². The predicted octanol–water partition coefficient (Wildman–Crippen LogP) is 6.68. The first-order valence-corrected chi connectivity index (χ1v) is 16.8. The number of pyridine rings is 1. The Bertz CT molecular complexity index is 1550. The summed E-state index contributed by atoms with van der Waals surface area (Å²) in [6, 6.07) is 7.38. The molecule has 2 aromatic heterocycles. The molecule has 0 spiro atoms. The Hall–Kier alpha value is -2.79. The van der Waals surface area contributed by atoms with E-state index in [9.17, 15) is 26.0 Å². The van der Waals surface area contributed by atoms with E-state index in [2.05, 4.69) is 28.4 Å². The molecular weight excluding hydrogens is 580 g/mol. The van der Waals surface area contributed by atoms with Crippen molar-refractivity contribution < 1.29 is 26.0 Å². The van der Waals surface area contributed by atoms with Crippen molar-refractivity contribution in [2.24, 2.45) is 5.92 Å². The molecule has 2 fully saturated rings. The van der Waals surface area contributed by atoms with E-state index in [0.717, 1.165) is 57.6 Å². The first-order valence-electron chi connectivity index (χ1n) is 15.3. The summed E-state index contributed by atoms with van der Waals surface area (Å²) >= 11 is 0. The summed E-state index contributed by atoms with van der Waals surface area (Å²) in [4.78, 5) is 5.65. The normalized spacial score (nSPS) is 25.6. The van der Waals surface area contributed by atoms with Gasteiger partial charge in [0.05, 0.1) is 10.6 Å². The highest BCUT2D eigenvalue weighted by molar-refractivity contribution is 7.92. The van der Waals surface area contributed by atoms with E-state index in [1.165, 1.54) is 41.2 Å². The van der Waals surface area contributed by atoms with E-state index < -0.39 is 32.3 Å². The summed E-state index contributed by atoms with van der Waals surface area (Å²) in [5.74, 6) is 0.627. The number of halogens is 4. The van der Waals surface area contributed by atoms with Crippen LogP contribution in [0.5, 0.6) is 0 Å². The van der Waals surface area contributed by atoms with Crippen LogP contribution in [0, 0.1) is 11.7 Å². The van der Waals surface area contributed by atoms with Gasteiger partial charge in [-0.05, 0) is 113 Å². The van der Waals surface area contributed by atoms with Crippen LogP contribution in [0.25, 0.3) is 0 Å². The maximum absolute atomic E-state index is 14.2. The first-order chi connectivity index (χ1) is 20.4. The number of aromatic nitrogens is 3. The van der Waals surface area contributed by atoms with Gasteiger partial charge in [-0.15, -0.1) is 0 Å². The minimum Gasteiger partial charge on any atom is -0.300 e. The van der Waals surface area contributed by atoms with Crippen molar-refractivity contribution in [1.82, 2.24) is 19.7 Å². The zero-order valence-electron chi connectivity index (χ0n) is 24.6. The van der Waals surface area contributed by atoms with E-state index in [0.29, 0.717) is 49.1 Å². The van der Waals surface area contributed by atoms with Crippen molar-refractivity contribution in [2.45, 2.75) is 99.5 Å². The summed E-state index contributed by atoms with van der Waals surface area (Å²) in [6.07, 6.45) is 2.17. The van der Waals surface area contributed by atoms with Crippen LogP contribution in [0.1, 0.15) is 86.5 Å². The lowest BCUT2D eigenvalue weighted by molar-refractivity contribution is -0.141. The maximum Gasteiger partial charge on any atom is 0.433 e. The summed E-state index contributed by atoms with van der Waals surface area (Å²) in [7, 11) is -4.14. The Balaban J connectivity index is 1.20. The number of hydrogen-bond acceptors (Lipinski definition) is 5. The zero-order chi connectivity index (χ0) is 30.6. The summed E-state index contributed by atoms with van der Waals surface area (Å²) < 4.78 is 82.4. The van der Waals surface area contributed by atoms with Crippen LogP contribution >= 0.6 is 0 Å². The lowest BCUT2D eigenvalue weighted by atomic mass is 9.79.